The molecule has 4 rings (SSSR count). The number of nitrogens with one attached hydrogen (secondary N) is 1. The second-order valence-corrected chi connectivity index (χ2v) is 6.76. The molecule has 0 spiro atoms. The molecule has 29 heavy (non-hydrogen) atoms. The normalized spacial score (nSPS) is 16.2. The van der Waals surface area contributed by atoms with Gasteiger partial charge in [0.05, 0.1) is 13.0 Å². The van der Waals surface area contributed by atoms with Crippen LogP contribution in [0.25, 0.3) is 11.0 Å². The van der Waals surface area contributed by atoms with E-state index in [1.54, 1.807) is 60.5 Å². The summed E-state index contributed by atoms with van der Waals surface area (Å²) in [5, 5.41) is 3.31. The molecule has 0 radical (unpaired) electrons. The van der Waals surface area contributed by atoms with E-state index in [1.807, 2.05) is 0 Å². The van der Waals surface area contributed by atoms with Gasteiger partial charge in [0, 0.05) is 30.1 Å². The van der Waals surface area contributed by atoms with Crippen LogP contribution in [0.4, 0.5) is 11.4 Å². The fourth-order valence-corrected chi connectivity index (χ4v) is 3.48. The van der Waals surface area contributed by atoms with Crippen LogP contribution in [0.3, 0.4) is 0 Å². The molecular formula is C21H19N3O5. The number of methoxy groups -OCH3 is 1. The lowest BCUT2D eigenvalue weighted by atomic mass is 10.1. The molecule has 3 aromatic rings. The molecule has 1 aliphatic rings. The van der Waals surface area contributed by atoms with E-state index in [0.29, 0.717) is 22.4 Å². The van der Waals surface area contributed by atoms with E-state index in [9.17, 15) is 14.4 Å². The van der Waals surface area contributed by atoms with E-state index >= 15 is 0 Å². The molecule has 1 atom stereocenters. The van der Waals surface area contributed by atoms with E-state index < -0.39 is 11.8 Å². The number of fused-ring (bicyclic) bond motifs is 1. The van der Waals surface area contributed by atoms with Crippen molar-refractivity contribution in [3.05, 3.63) is 54.3 Å². The molecule has 3 N–H and O–H groups in total. The molecule has 1 fully saturated rings. The lowest BCUT2D eigenvalue weighted by Crippen LogP contribution is -2.28. The maximum absolute atomic E-state index is 12.9. The third-order valence-corrected chi connectivity index (χ3v) is 4.93. The average Bonchev–Trinajstić information content (AvgIpc) is 3.29. The number of furan rings is 1. The SMILES string of the molecule is COc1cccc(N2C[C@@H](C(=O)Nc3c(C(N)=O)oc4ccccc34)CC2=O)c1. The zero-order valence-electron chi connectivity index (χ0n) is 15.7. The minimum atomic E-state index is -0.781. The largest absolute Gasteiger partial charge is 0.497 e. The summed E-state index contributed by atoms with van der Waals surface area (Å²) in [4.78, 5) is 38.7. The van der Waals surface area contributed by atoms with Crippen molar-refractivity contribution in [2.45, 2.75) is 6.42 Å². The Morgan fingerprint density at radius 1 is 1.21 bits per heavy atom. The summed E-state index contributed by atoms with van der Waals surface area (Å²) in [6, 6.07) is 14.0. The van der Waals surface area contributed by atoms with Crippen LogP contribution in [0.1, 0.15) is 17.0 Å². The van der Waals surface area contributed by atoms with Crippen molar-refractivity contribution in [2.75, 3.05) is 23.9 Å². The van der Waals surface area contributed by atoms with Crippen LogP contribution in [0.5, 0.6) is 5.75 Å². The Kier molecular flexibility index (Phi) is 4.67. The average molecular weight is 393 g/mol. The number of nitrogens with two attached hydrogens (primary N) is 1. The summed E-state index contributed by atoms with van der Waals surface area (Å²) < 4.78 is 10.7. The van der Waals surface area contributed by atoms with Crippen molar-refractivity contribution in [1.82, 2.24) is 0 Å². The van der Waals surface area contributed by atoms with Gasteiger partial charge in [-0.2, -0.15) is 0 Å². The van der Waals surface area contributed by atoms with Gasteiger partial charge in [-0.1, -0.05) is 18.2 Å². The monoisotopic (exact) mass is 393 g/mol. The number of hydrogen-bond acceptors (Lipinski definition) is 5. The molecule has 0 unspecified atom stereocenters. The standard InChI is InChI=1S/C21H19N3O5/c1-28-14-6-4-5-13(10-14)24-11-12(9-17(24)25)21(27)23-18-15-7-2-3-8-16(15)29-19(18)20(22)26/h2-8,10,12H,9,11H2,1H3,(H2,22,26)(H,23,27)/t12-/m0/s1. The number of rotatable bonds is 5. The van der Waals surface area contributed by atoms with Crippen LogP contribution >= 0.6 is 0 Å². The summed E-state index contributed by atoms with van der Waals surface area (Å²) >= 11 is 0. The van der Waals surface area contributed by atoms with Crippen LogP contribution in [-0.4, -0.2) is 31.4 Å². The van der Waals surface area contributed by atoms with Gasteiger partial charge in [0.2, 0.25) is 17.6 Å². The summed E-state index contributed by atoms with van der Waals surface area (Å²) in [5.74, 6) is -1.39. The zero-order chi connectivity index (χ0) is 20.5. The number of ether oxygens (including phenoxy) is 1. The number of carbonyl (C=O) groups is 3. The van der Waals surface area contributed by atoms with Crippen LogP contribution < -0.4 is 20.7 Å². The molecule has 2 heterocycles. The van der Waals surface area contributed by atoms with Crippen molar-refractivity contribution >= 4 is 40.1 Å². The van der Waals surface area contributed by atoms with Crippen molar-refractivity contribution in [3.63, 3.8) is 0 Å². The number of para-hydroxylation sites is 1. The first kappa shape index (κ1) is 18.5. The van der Waals surface area contributed by atoms with E-state index in [1.165, 1.54) is 0 Å². The highest BCUT2D eigenvalue weighted by Gasteiger charge is 2.36. The van der Waals surface area contributed by atoms with Gasteiger partial charge < -0.3 is 25.1 Å². The van der Waals surface area contributed by atoms with Crippen molar-refractivity contribution in [3.8, 4) is 5.75 Å². The Bertz CT molecular complexity index is 1120. The quantitative estimate of drug-likeness (QED) is 0.691. The van der Waals surface area contributed by atoms with Crippen LogP contribution in [0.2, 0.25) is 0 Å². The lowest BCUT2D eigenvalue weighted by molar-refractivity contribution is -0.122. The number of amides is 3. The number of carbonyl (C=O) groups excluding carboxylic acids is 3. The van der Waals surface area contributed by atoms with Gasteiger partial charge in [0.15, 0.2) is 0 Å². The van der Waals surface area contributed by atoms with Crippen molar-refractivity contribution in [1.29, 1.82) is 0 Å². The molecule has 1 aromatic heterocycles. The van der Waals surface area contributed by atoms with Gasteiger partial charge in [-0.15, -0.1) is 0 Å². The Hall–Kier alpha value is -3.81. The highest BCUT2D eigenvalue weighted by molar-refractivity contribution is 6.12. The second-order valence-electron chi connectivity index (χ2n) is 6.76. The maximum atomic E-state index is 12.9. The Labute approximate surface area is 166 Å². The maximum Gasteiger partial charge on any atom is 0.286 e. The number of nitrogens with zero attached hydrogens (tertiary/aromatic N) is 1. The van der Waals surface area contributed by atoms with E-state index in [4.69, 9.17) is 14.9 Å². The van der Waals surface area contributed by atoms with Crippen LogP contribution in [0, 0.1) is 5.92 Å². The smallest absolute Gasteiger partial charge is 0.286 e. The Balaban J connectivity index is 1.57. The summed E-state index contributed by atoms with van der Waals surface area (Å²) in [5.41, 5.74) is 6.73. The summed E-state index contributed by atoms with van der Waals surface area (Å²) in [6.07, 6.45) is 0.0602. The van der Waals surface area contributed by atoms with Gasteiger partial charge in [-0.25, -0.2) is 0 Å². The Morgan fingerprint density at radius 3 is 2.76 bits per heavy atom. The topological polar surface area (TPSA) is 115 Å². The number of benzene rings is 2. The third-order valence-electron chi connectivity index (χ3n) is 4.93. The first-order valence-corrected chi connectivity index (χ1v) is 9.04. The predicted octanol–water partition coefficient (Wildman–Crippen LogP) is 2.53. The molecule has 148 valence electrons. The minimum Gasteiger partial charge on any atom is -0.497 e. The fourth-order valence-electron chi connectivity index (χ4n) is 3.48. The van der Waals surface area contributed by atoms with Gasteiger partial charge in [0.25, 0.3) is 5.91 Å². The minimum absolute atomic E-state index is 0.0602. The molecule has 0 saturated carbocycles. The van der Waals surface area contributed by atoms with Crippen LogP contribution in [0.15, 0.2) is 52.9 Å². The number of primary amides is 1. The van der Waals surface area contributed by atoms with Gasteiger partial charge in [-0.05, 0) is 24.3 Å². The van der Waals surface area contributed by atoms with Gasteiger partial charge >= 0.3 is 0 Å². The van der Waals surface area contributed by atoms with E-state index in [0.717, 1.165) is 0 Å². The molecule has 0 bridgehead atoms. The van der Waals surface area contributed by atoms with E-state index in [-0.39, 0.29) is 36.2 Å². The molecule has 3 amide bonds. The molecule has 1 saturated heterocycles. The highest BCUT2D eigenvalue weighted by atomic mass is 16.5. The zero-order valence-corrected chi connectivity index (χ0v) is 15.7. The van der Waals surface area contributed by atoms with E-state index in [2.05, 4.69) is 5.32 Å². The highest BCUT2D eigenvalue weighted by Crippen LogP contribution is 2.33. The lowest BCUT2D eigenvalue weighted by Gasteiger charge is -2.17. The molecule has 8 nitrogen and oxygen atoms in total. The molecule has 2 aromatic carbocycles. The molecule has 1 aliphatic heterocycles. The summed E-state index contributed by atoms with van der Waals surface area (Å²) in [7, 11) is 1.55. The van der Waals surface area contributed by atoms with Gasteiger partial charge in [-0.3, -0.25) is 14.4 Å². The predicted molar refractivity (Wildman–Crippen MR) is 107 cm³/mol. The number of hydrogen-bond donors (Lipinski definition) is 2. The first-order chi connectivity index (χ1) is 14.0. The van der Waals surface area contributed by atoms with Crippen molar-refractivity contribution < 1.29 is 23.5 Å². The first-order valence-electron chi connectivity index (χ1n) is 9.04. The third kappa shape index (κ3) is 3.40. The molecular weight excluding hydrogens is 374 g/mol. The molecule has 0 aliphatic carbocycles. The van der Waals surface area contributed by atoms with Crippen LogP contribution in [-0.2, 0) is 9.59 Å². The number of anilines is 2. The van der Waals surface area contributed by atoms with Gasteiger partial charge in [0.1, 0.15) is 17.0 Å². The second kappa shape index (κ2) is 7.31. The van der Waals surface area contributed by atoms with Crippen molar-refractivity contribution in [2.24, 2.45) is 11.7 Å². The fraction of sp³-hybridized carbons (Fsp3) is 0.190. The summed E-state index contributed by atoms with van der Waals surface area (Å²) in [6.45, 7) is 0.222. The molecule has 8 heteroatoms. The Morgan fingerprint density at radius 2 is 2.00 bits per heavy atom.